The summed E-state index contributed by atoms with van der Waals surface area (Å²) in [5.74, 6) is 0.678. The van der Waals surface area contributed by atoms with Crippen LogP contribution in [0.4, 0.5) is 5.13 Å². The van der Waals surface area contributed by atoms with Crippen molar-refractivity contribution in [3.63, 3.8) is 0 Å². The molecule has 0 aliphatic rings. The number of nitrogens with one attached hydrogen (secondary N) is 1. The summed E-state index contributed by atoms with van der Waals surface area (Å²) in [5.41, 5.74) is 0. The zero-order valence-corrected chi connectivity index (χ0v) is 12.2. The average molecular weight is 271 g/mol. The van der Waals surface area contributed by atoms with Gasteiger partial charge in [-0.2, -0.15) is 4.98 Å². The maximum Gasteiger partial charge on any atom is 0.233 e. The van der Waals surface area contributed by atoms with Crippen LogP contribution in [0.5, 0.6) is 5.88 Å². The fourth-order valence-corrected chi connectivity index (χ4v) is 2.16. The third-order valence-electron chi connectivity index (χ3n) is 2.20. The summed E-state index contributed by atoms with van der Waals surface area (Å²) < 4.78 is 10.2. The maximum atomic E-state index is 5.25. The second kappa shape index (κ2) is 8.07. The lowest BCUT2D eigenvalue weighted by molar-refractivity contribution is 0.200. The number of aromatic nitrogens is 1. The lowest BCUT2D eigenvalue weighted by Crippen LogP contribution is -2.18. The maximum absolute atomic E-state index is 5.25. The summed E-state index contributed by atoms with van der Waals surface area (Å²) in [6.45, 7) is 2.38. The molecule has 1 aromatic heterocycles. The minimum Gasteiger partial charge on any atom is -0.480 e. The Balaban J connectivity index is 2.52. The van der Waals surface area contributed by atoms with E-state index >= 15 is 0 Å². The number of hydrogen-bond donors (Lipinski definition) is 1. The quantitative estimate of drug-likeness (QED) is 0.725. The minimum atomic E-state index is 0.678. The molecular formula is C12H21N3O2S. The summed E-state index contributed by atoms with van der Waals surface area (Å²) >= 11 is 1.61. The minimum absolute atomic E-state index is 0.678. The zero-order chi connectivity index (χ0) is 13.4. The zero-order valence-electron chi connectivity index (χ0n) is 11.4. The molecule has 0 saturated heterocycles. The van der Waals surface area contributed by atoms with E-state index < -0.39 is 0 Å². The Morgan fingerprint density at radius 1 is 1.39 bits per heavy atom. The van der Waals surface area contributed by atoms with Crippen molar-refractivity contribution in [3.8, 4) is 5.88 Å². The molecule has 0 fully saturated rings. The highest BCUT2D eigenvalue weighted by Crippen LogP contribution is 2.31. The molecule has 102 valence electrons. The van der Waals surface area contributed by atoms with Gasteiger partial charge in [-0.15, -0.1) is 0 Å². The van der Waals surface area contributed by atoms with E-state index in [1.54, 1.807) is 25.6 Å². The number of anilines is 1. The summed E-state index contributed by atoms with van der Waals surface area (Å²) in [5, 5.41) is 4.19. The van der Waals surface area contributed by atoms with Gasteiger partial charge >= 0.3 is 0 Å². The van der Waals surface area contributed by atoms with Crippen LogP contribution in [0.1, 0.15) is 4.88 Å². The highest BCUT2D eigenvalue weighted by Gasteiger charge is 2.10. The van der Waals surface area contributed by atoms with E-state index in [0.29, 0.717) is 5.88 Å². The molecule has 0 saturated carbocycles. The van der Waals surface area contributed by atoms with Crippen LogP contribution in [0.25, 0.3) is 6.08 Å². The fraction of sp³-hybridized carbons (Fsp3) is 0.583. The predicted molar refractivity (Wildman–Crippen MR) is 76.8 cm³/mol. The second-order valence-electron chi connectivity index (χ2n) is 3.86. The van der Waals surface area contributed by atoms with Crippen molar-refractivity contribution < 1.29 is 9.47 Å². The normalized spacial score (nSPS) is 11.1. The van der Waals surface area contributed by atoms with Crippen molar-refractivity contribution in [2.24, 2.45) is 0 Å². The van der Waals surface area contributed by atoms with E-state index in [-0.39, 0.29) is 0 Å². The van der Waals surface area contributed by atoms with Gasteiger partial charge in [0.15, 0.2) is 5.13 Å². The molecule has 1 aromatic rings. The van der Waals surface area contributed by atoms with Gasteiger partial charge in [0.1, 0.15) is 0 Å². The molecule has 0 unspecified atom stereocenters. The van der Waals surface area contributed by atoms with Gasteiger partial charge in [0.25, 0.3) is 0 Å². The number of nitrogens with zero attached hydrogens (tertiary/aromatic N) is 2. The monoisotopic (exact) mass is 271 g/mol. The highest BCUT2D eigenvalue weighted by molar-refractivity contribution is 7.16. The van der Waals surface area contributed by atoms with Gasteiger partial charge in [-0.1, -0.05) is 17.4 Å². The first-order chi connectivity index (χ1) is 8.69. The molecule has 18 heavy (non-hydrogen) atoms. The lowest BCUT2D eigenvalue weighted by atomic mass is 10.4. The van der Waals surface area contributed by atoms with Crippen LogP contribution >= 0.6 is 11.3 Å². The molecule has 6 heteroatoms. The van der Waals surface area contributed by atoms with Crippen LogP contribution in [0, 0.1) is 0 Å². The van der Waals surface area contributed by atoms with Crippen LogP contribution in [0.2, 0.25) is 0 Å². The highest BCUT2D eigenvalue weighted by atomic mass is 32.1. The Kier molecular flexibility index (Phi) is 6.70. The van der Waals surface area contributed by atoms with E-state index in [2.05, 4.69) is 16.4 Å². The number of ether oxygens (including phenoxy) is 2. The van der Waals surface area contributed by atoms with E-state index in [4.69, 9.17) is 9.47 Å². The first-order valence-electron chi connectivity index (χ1n) is 5.77. The largest absolute Gasteiger partial charge is 0.480 e. The van der Waals surface area contributed by atoms with Crippen LogP contribution in [-0.2, 0) is 4.74 Å². The summed E-state index contributed by atoms with van der Waals surface area (Å²) in [6.07, 6.45) is 4.09. The SMILES string of the molecule is COCCNCC=Cc1sc(N(C)C)nc1OC. The molecule has 1 N–H and O–H groups in total. The molecule has 0 aliphatic heterocycles. The molecule has 1 heterocycles. The van der Waals surface area contributed by atoms with Gasteiger partial charge in [-0.3, -0.25) is 0 Å². The van der Waals surface area contributed by atoms with Gasteiger partial charge in [0, 0.05) is 34.3 Å². The molecule has 5 nitrogen and oxygen atoms in total. The van der Waals surface area contributed by atoms with Crippen LogP contribution < -0.4 is 15.0 Å². The third-order valence-corrected chi connectivity index (χ3v) is 3.37. The van der Waals surface area contributed by atoms with Crippen molar-refractivity contribution in [1.29, 1.82) is 0 Å². The van der Waals surface area contributed by atoms with E-state index in [0.717, 1.165) is 29.7 Å². The number of hydrogen-bond acceptors (Lipinski definition) is 6. The number of methoxy groups -OCH3 is 2. The Morgan fingerprint density at radius 3 is 2.78 bits per heavy atom. The van der Waals surface area contributed by atoms with Crippen molar-refractivity contribution in [2.75, 3.05) is 52.9 Å². The molecule has 0 amide bonds. The standard InChI is InChI=1S/C12H21N3O2S/c1-15(2)12-14-11(17-4)10(18-12)6-5-7-13-8-9-16-3/h5-6,13H,7-9H2,1-4H3. The fourth-order valence-electron chi connectivity index (χ4n) is 1.28. The summed E-state index contributed by atoms with van der Waals surface area (Å²) in [4.78, 5) is 7.40. The average Bonchev–Trinajstić information content (AvgIpc) is 2.77. The number of thiazole rings is 1. The van der Waals surface area contributed by atoms with Crippen molar-refractivity contribution in [2.45, 2.75) is 0 Å². The van der Waals surface area contributed by atoms with Crippen molar-refractivity contribution in [1.82, 2.24) is 10.3 Å². The second-order valence-corrected chi connectivity index (χ2v) is 4.87. The van der Waals surface area contributed by atoms with Crippen LogP contribution in [0.15, 0.2) is 6.08 Å². The summed E-state index contributed by atoms with van der Waals surface area (Å²) in [7, 11) is 7.28. The molecular weight excluding hydrogens is 250 g/mol. The van der Waals surface area contributed by atoms with E-state index in [1.165, 1.54) is 0 Å². The molecule has 0 aromatic carbocycles. The van der Waals surface area contributed by atoms with Gasteiger partial charge in [-0.25, -0.2) is 0 Å². The first-order valence-corrected chi connectivity index (χ1v) is 6.59. The van der Waals surface area contributed by atoms with Gasteiger partial charge in [0.2, 0.25) is 5.88 Å². The Labute approximate surface area is 112 Å². The first kappa shape index (κ1) is 14.9. The topological polar surface area (TPSA) is 46.6 Å². The Morgan fingerprint density at radius 2 is 2.17 bits per heavy atom. The van der Waals surface area contributed by atoms with E-state index in [9.17, 15) is 0 Å². The predicted octanol–water partition coefficient (Wildman–Crippen LogP) is 1.47. The van der Waals surface area contributed by atoms with Crippen molar-refractivity contribution in [3.05, 3.63) is 11.0 Å². The van der Waals surface area contributed by atoms with Crippen molar-refractivity contribution >= 4 is 22.5 Å². The van der Waals surface area contributed by atoms with Crippen LogP contribution in [0.3, 0.4) is 0 Å². The molecule has 0 bridgehead atoms. The lowest BCUT2D eigenvalue weighted by Gasteiger charge is -2.04. The van der Waals surface area contributed by atoms with Gasteiger partial charge in [-0.05, 0) is 6.08 Å². The van der Waals surface area contributed by atoms with E-state index in [1.807, 2.05) is 25.1 Å². The molecule has 0 atom stereocenters. The molecule has 0 spiro atoms. The van der Waals surface area contributed by atoms with Gasteiger partial charge < -0.3 is 19.7 Å². The Bertz CT molecular complexity index is 377. The number of rotatable bonds is 8. The van der Waals surface area contributed by atoms with Crippen LogP contribution in [-0.4, -0.2) is 53.0 Å². The molecule has 0 radical (unpaired) electrons. The molecule has 0 aliphatic carbocycles. The smallest absolute Gasteiger partial charge is 0.233 e. The third kappa shape index (κ3) is 4.64. The Hall–Kier alpha value is -1.11. The van der Waals surface area contributed by atoms with Gasteiger partial charge in [0.05, 0.1) is 18.6 Å². The summed E-state index contributed by atoms with van der Waals surface area (Å²) in [6, 6.07) is 0. The molecule has 1 rings (SSSR count).